The third-order valence-corrected chi connectivity index (χ3v) is 5.37. The van der Waals surface area contributed by atoms with Crippen molar-refractivity contribution in [2.45, 2.75) is 12.8 Å². The van der Waals surface area contributed by atoms with Crippen molar-refractivity contribution < 1.29 is 8.42 Å². The Morgan fingerprint density at radius 2 is 1.86 bits per heavy atom. The van der Waals surface area contributed by atoms with Gasteiger partial charge in [-0.25, -0.2) is 8.42 Å². The molecule has 0 bridgehead atoms. The molecule has 2 aromatic carbocycles. The molecule has 0 spiro atoms. The normalized spacial score (nSPS) is 15.0. The minimum atomic E-state index is -3.50. The van der Waals surface area contributed by atoms with E-state index in [9.17, 15) is 8.42 Å². The molecule has 1 heterocycles. The molecule has 22 heavy (non-hydrogen) atoms. The molecule has 3 nitrogen and oxygen atoms in total. The van der Waals surface area contributed by atoms with Crippen molar-refractivity contribution in [2.24, 2.45) is 0 Å². The van der Waals surface area contributed by atoms with Crippen molar-refractivity contribution >= 4 is 33.4 Å². The Morgan fingerprint density at radius 1 is 1.09 bits per heavy atom. The van der Waals surface area contributed by atoms with Gasteiger partial charge in [-0.05, 0) is 48.2 Å². The first kappa shape index (κ1) is 15.1. The van der Waals surface area contributed by atoms with Crippen LogP contribution in [-0.2, 0) is 16.4 Å². The van der Waals surface area contributed by atoms with E-state index in [1.165, 1.54) is 9.71 Å². The van der Waals surface area contributed by atoms with Crippen LogP contribution in [0.1, 0.15) is 17.5 Å². The second-order valence-corrected chi connectivity index (χ2v) is 7.39. The van der Waals surface area contributed by atoms with Gasteiger partial charge < -0.3 is 0 Å². The molecular formula is C17H16ClNO2S. The Kier molecular flexibility index (Phi) is 4.23. The predicted octanol–water partition coefficient (Wildman–Crippen LogP) is 4.09. The van der Waals surface area contributed by atoms with Crippen LogP contribution in [0.5, 0.6) is 0 Å². The Labute approximate surface area is 135 Å². The summed E-state index contributed by atoms with van der Waals surface area (Å²) in [5.41, 5.74) is 2.57. The number of anilines is 1. The maximum Gasteiger partial charge on any atom is 0.257 e. The maximum atomic E-state index is 12.6. The van der Waals surface area contributed by atoms with Crippen LogP contribution in [0.3, 0.4) is 0 Å². The zero-order chi connectivity index (χ0) is 15.6. The number of hydrogen-bond acceptors (Lipinski definition) is 2. The summed E-state index contributed by atoms with van der Waals surface area (Å²) in [6.07, 6.45) is 3.27. The van der Waals surface area contributed by atoms with Gasteiger partial charge >= 0.3 is 0 Å². The van der Waals surface area contributed by atoms with Gasteiger partial charge in [-0.15, -0.1) is 0 Å². The van der Waals surface area contributed by atoms with Crippen molar-refractivity contribution in [3.63, 3.8) is 0 Å². The molecule has 0 amide bonds. The smallest absolute Gasteiger partial charge is 0.257 e. The quantitative estimate of drug-likeness (QED) is 0.848. The summed E-state index contributed by atoms with van der Waals surface area (Å²) in [6.45, 7) is 0.496. The predicted molar refractivity (Wildman–Crippen MR) is 91.5 cm³/mol. The third kappa shape index (κ3) is 3.18. The van der Waals surface area contributed by atoms with Crippen molar-refractivity contribution in [2.75, 3.05) is 10.8 Å². The van der Waals surface area contributed by atoms with Crippen LogP contribution >= 0.6 is 11.6 Å². The van der Waals surface area contributed by atoms with Crippen LogP contribution in [0.25, 0.3) is 6.08 Å². The molecule has 0 fully saturated rings. The highest BCUT2D eigenvalue weighted by molar-refractivity contribution is 7.95. The Bertz CT molecular complexity index is 801. The van der Waals surface area contributed by atoms with Gasteiger partial charge in [-0.1, -0.05) is 41.9 Å². The number of fused-ring (bicyclic) bond motifs is 1. The second-order valence-electron chi connectivity index (χ2n) is 5.21. The maximum absolute atomic E-state index is 12.6. The van der Waals surface area contributed by atoms with Crippen LogP contribution in [0.4, 0.5) is 5.69 Å². The number of nitrogens with zero attached hydrogens (tertiary/aromatic N) is 1. The number of rotatable bonds is 3. The van der Waals surface area contributed by atoms with E-state index in [1.54, 1.807) is 18.2 Å². The summed E-state index contributed by atoms with van der Waals surface area (Å²) >= 11 is 6.00. The third-order valence-electron chi connectivity index (χ3n) is 3.66. The van der Waals surface area contributed by atoms with E-state index in [-0.39, 0.29) is 0 Å². The average Bonchev–Trinajstić information content (AvgIpc) is 2.53. The summed E-state index contributed by atoms with van der Waals surface area (Å²) in [5.74, 6) is 0. The first-order valence-corrected chi connectivity index (χ1v) is 8.99. The molecule has 5 heteroatoms. The molecule has 3 rings (SSSR count). The molecule has 0 N–H and O–H groups in total. The van der Waals surface area contributed by atoms with E-state index < -0.39 is 10.0 Å². The highest BCUT2D eigenvalue weighted by Gasteiger charge is 2.25. The highest BCUT2D eigenvalue weighted by Crippen LogP contribution is 2.32. The summed E-state index contributed by atoms with van der Waals surface area (Å²) in [5, 5.41) is 1.91. The van der Waals surface area contributed by atoms with Gasteiger partial charge in [0, 0.05) is 11.6 Å². The van der Waals surface area contributed by atoms with Crippen molar-refractivity contribution in [3.05, 3.63) is 70.1 Å². The van der Waals surface area contributed by atoms with Gasteiger partial charge in [0.1, 0.15) is 0 Å². The number of aryl methyl sites for hydroxylation is 1. The number of hydrogen-bond donors (Lipinski definition) is 0. The Morgan fingerprint density at radius 3 is 2.64 bits per heavy atom. The molecular weight excluding hydrogens is 318 g/mol. The number of halogens is 1. The molecule has 2 aromatic rings. The first-order chi connectivity index (χ1) is 10.6. The lowest BCUT2D eigenvalue weighted by Crippen LogP contribution is -2.34. The van der Waals surface area contributed by atoms with Gasteiger partial charge in [0.25, 0.3) is 10.0 Å². The van der Waals surface area contributed by atoms with Crippen molar-refractivity contribution in [1.29, 1.82) is 0 Å². The average molecular weight is 334 g/mol. The van der Waals surface area contributed by atoms with Crippen LogP contribution in [0.15, 0.2) is 53.9 Å². The summed E-state index contributed by atoms with van der Waals surface area (Å²) < 4.78 is 26.7. The Hall–Kier alpha value is -1.78. The Balaban J connectivity index is 1.93. The largest absolute Gasteiger partial charge is 0.267 e. The van der Waals surface area contributed by atoms with Crippen LogP contribution in [0, 0.1) is 0 Å². The second kappa shape index (κ2) is 6.15. The zero-order valence-corrected chi connectivity index (χ0v) is 13.5. The fourth-order valence-corrected chi connectivity index (χ4v) is 4.10. The van der Waals surface area contributed by atoms with Gasteiger partial charge in [-0.3, -0.25) is 4.31 Å². The topological polar surface area (TPSA) is 37.4 Å². The molecule has 1 aliphatic heterocycles. The lowest BCUT2D eigenvalue weighted by Gasteiger charge is -2.29. The molecule has 0 saturated heterocycles. The molecule has 114 valence electrons. The molecule has 0 radical (unpaired) electrons. The van der Waals surface area contributed by atoms with Crippen LogP contribution in [-0.4, -0.2) is 15.0 Å². The molecule has 0 saturated carbocycles. The minimum Gasteiger partial charge on any atom is -0.267 e. The summed E-state index contributed by atoms with van der Waals surface area (Å²) in [6, 6.07) is 14.8. The number of sulfonamides is 1. The zero-order valence-electron chi connectivity index (χ0n) is 11.9. The van der Waals surface area contributed by atoms with Gasteiger partial charge in [0.05, 0.1) is 11.1 Å². The van der Waals surface area contributed by atoms with Crippen molar-refractivity contribution in [1.82, 2.24) is 0 Å². The van der Waals surface area contributed by atoms with E-state index in [1.807, 2.05) is 36.4 Å². The van der Waals surface area contributed by atoms with Gasteiger partial charge in [0.15, 0.2) is 0 Å². The SMILES string of the molecule is O=S(=O)(/C=C/c1ccccc1)N1CCCc2cc(Cl)ccc21. The van der Waals surface area contributed by atoms with Crippen LogP contribution in [0.2, 0.25) is 5.02 Å². The summed E-state index contributed by atoms with van der Waals surface area (Å²) in [7, 11) is -3.50. The van der Waals surface area contributed by atoms with Gasteiger partial charge in [-0.2, -0.15) is 0 Å². The number of benzene rings is 2. The molecule has 0 unspecified atom stereocenters. The first-order valence-electron chi connectivity index (χ1n) is 7.10. The lowest BCUT2D eigenvalue weighted by molar-refractivity contribution is 0.595. The molecule has 1 aliphatic rings. The van der Waals surface area contributed by atoms with Gasteiger partial charge in [0.2, 0.25) is 0 Å². The molecule has 0 aromatic heterocycles. The fraction of sp³-hybridized carbons (Fsp3) is 0.176. The van der Waals surface area contributed by atoms with E-state index in [0.717, 1.165) is 29.7 Å². The fourth-order valence-electron chi connectivity index (χ4n) is 2.60. The van der Waals surface area contributed by atoms with E-state index in [4.69, 9.17) is 11.6 Å². The lowest BCUT2D eigenvalue weighted by atomic mass is 10.0. The monoisotopic (exact) mass is 333 g/mol. The summed E-state index contributed by atoms with van der Waals surface area (Å²) in [4.78, 5) is 0. The molecule has 0 atom stereocenters. The standard InChI is InChI=1S/C17H16ClNO2S/c18-16-8-9-17-15(13-16)7-4-11-19(17)22(20,21)12-10-14-5-2-1-3-6-14/h1-3,5-6,8-10,12-13H,4,7,11H2/b12-10+. The molecule has 0 aliphatic carbocycles. The van der Waals surface area contributed by atoms with Crippen LogP contribution < -0.4 is 4.31 Å². The van der Waals surface area contributed by atoms with Crippen molar-refractivity contribution in [3.8, 4) is 0 Å². The van der Waals surface area contributed by atoms with E-state index >= 15 is 0 Å². The minimum absolute atomic E-state index is 0.496. The van der Waals surface area contributed by atoms with E-state index in [2.05, 4.69) is 0 Å². The van der Waals surface area contributed by atoms with E-state index in [0.29, 0.717) is 11.6 Å². The highest BCUT2D eigenvalue weighted by atomic mass is 35.5.